The molecule has 0 radical (unpaired) electrons. The molecule has 0 amide bonds. The van der Waals surface area contributed by atoms with Gasteiger partial charge in [-0.15, -0.1) is 0 Å². The second-order valence-electron chi connectivity index (χ2n) is 13.8. The number of hydrogen-bond donors (Lipinski definition) is 0. The van der Waals surface area contributed by atoms with Crippen LogP contribution in [-0.2, 0) is 5.41 Å². The lowest BCUT2D eigenvalue weighted by atomic mass is 9.57. The van der Waals surface area contributed by atoms with E-state index in [1.807, 2.05) is 0 Å². The van der Waals surface area contributed by atoms with Gasteiger partial charge in [0.15, 0.2) is 0 Å². The Morgan fingerprint density at radius 1 is 0.609 bits per heavy atom. The zero-order valence-corrected chi connectivity index (χ0v) is 26.8. The fourth-order valence-corrected chi connectivity index (χ4v) is 9.14. The number of aryl methyl sites for hydroxylation is 2. The first kappa shape index (κ1) is 26.1. The number of fused-ring (bicyclic) bond motifs is 13. The molecule has 0 N–H and O–H groups in total. The summed E-state index contributed by atoms with van der Waals surface area (Å²) in [5, 5.41) is 7.98. The summed E-state index contributed by atoms with van der Waals surface area (Å²) < 4.78 is 2.58. The van der Waals surface area contributed by atoms with Crippen molar-refractivity contribution in [3.8, 4) is 16.8 Å². The molecule has 1 aliphatic heterocycles. The quantitative estimate of drug-likeness (QED) is 0.189. The summed E-state index contributed by atoms with van der Waals surface area (Å²) >= 11 is 0. The van der Waals surface area contributed by atoms with Crippen molar-refractivity contribution in [3.05, 3.63) is 160 Å². The largest absolute Gasteiger partial charge is 0.309 e. The SMILES string of the molecule is CCC(C)c1ccc2c(c1)C1(c3ccc4ccccc4c3-c3cccc4cccc1c34)c1cc(C)cc3c4cc(C)ccc4n-2c13. The Bertz CT molecular complexity index is 2610. The van der Waals surface area contributed by atoms with Gasteiger partial charge in [0.2, 0.25) is 0 Å². The van der Waals surface area contributed by atoms with Crippen molar-refractivity contribution < 1.29 is 0 Å². The van der Waals surface area contributed by atoms with Crippen LogP contribution in [0.25, 0.3) is 60.2 Å². The van der Waals surface area contributed by atoms with Crippen molar-refractivity contribution in [3.63, 3.8) is 0 Å². The summed E-state index contributed by atoms with van der Waals surface area (Å²) in [4.78, 5) is 0. The molecule has 0 fully saturated rings. The fraction of sp³-hybridized carbons (Fsp3) is 0.156. The Balaban J connectivity index is 1.53. The first-order valence-corrected chi connectivity index (χ1v) is 16.8. The van der Waals surface area contributed by atoms with Gasteiger partial charge in [-0.2, -0.15) is 0 Å². The van der Waals surface area contributed by atoms with Crippen molar-refractivity contribution in [2.24, 2.45) is 0 Å². The first-order valence-electron chi connectivity index (χ1n) is 16.8. The highest BCUT2D eigenvalue weighted by Crippen LogP contribution is 2.61. The Morgan fingerprint density at radius 2 is 1.41 bits per heavy atom. The van der Waals surface area contributed by atoms with Gasteiger partial charge in [-0.3, -0.25) is 0 Å². The van der Waals surface area contributed by atoms with Crippen molar-refractivity contribution in [2.75, 3.05) is 0 Å². The van der Waals surface area contributed by atoms with Crippen LogP contribution in [0.1, 0.15) is 65.1 Å². The van der Waals surface area contributed by atoms with Crippen molar-refractivity contribution in [2.45, 2.75) is 45.4 Å². The smallest absolute Gasteiger partial charge is 0.0755 e. The summed E-state index contributed by atoms with van der Waals surface area (Å²) in [5.74, 6) is 0.466. The summed E-state index contributed by atoms with van der Waals surface area (Å²) in [6.07, 6.45) is 1.11. The molecule has 0 saturated carbocycles. The van der Waals surface area contributed by atoms with Gasteiger partial charge in [0.25, 0.3) is 0 Å². The van der Waals surface area contributed by atoms with Crippen LogP contribution >= 0.6 is 0 Å². The van der Waals surface area contributed by atoms with E-state index >= 15 is 0 Å². The lowest BCUT2D eigenvalue weighted by Crippen LogP contribution is -2.38. The van der Waals surface area contributed by atoms with Gasteiger partial charge < -0.3 is 4.57 Å². The average molecular weight is 590 g/mol. The number of hydrogen-bond acceptors (Lipinski definition) is 0. The number of rotatable bonds is 2. The summed E-state index contributed by atoms with van der Waals surface area (Å²) in [6, 6.07) is 47.0. The van der Waals surface area contributed by atoms with Crippen LogP contribution in [0.4, 0.5) is 0 Å². The van der Waals surface area contributed by atoms with Crippen LogP contribution < -0.4 is 0 Å². The van der Waals surface area contributed by atoms with Crippen molar-refractivity contribution in [1.82, 2.24) is 4.57 Å². The van der Waals surface area contributed by atoms with Crippen LogP contribution in [0, 0.1) is 13.8 Å². The molecule has 46 heavy (non-hydrogen) atoms. The molecule has 2 unspecified atom stereocenters. The Labute approximate surface area is 269 Å². The van der Waals surface area contributed by atoms with E-state index in [4.69, 9.17) is 0 Å². The molecule has 220 valence electrons. The minimum Gasteiger partial charge on any atom is -0.309 e. The normalized spacial score (nSPS) is 16.8. The van der Waals surface area contributed by atoms with E-state index in [9.17, 15) is 0 Å². The van der Waals surface area contributed by atoms with Crippen LogP contribution in [0.3, 0.4) is 0 Å². The van der Waals surface area contributed by atoms with Crippen LogP contribution in [0.15, 0.2) is 121 Å². The van der Waals surface area contributed by atoms with E-state index in [0.29, 0.717) is 5.92 Å². The van der Waals surface area contributed by atoms with Crippen molar-refractivity contribution in [1.29, 1.82) is 0 Å². The van der Waals surface area contributed by atoms with Gasteiger partial charge in [-0.25, -0.2) is 0 Å². The monoisotopic (exact) mass is 589 g/mol. The number of aromatic nitrogens is 1. The van der Waals surface area contributed by atoms with E-state index in [0.717, 1.165) is 6.42 Å². The lowest BCUT2D eigenvalue weighted by Gasteiger charge is -2.46. The van der Waals surface area contributed by atoms with Gasteiger partial charge in [0.1, 0.15) is 0 Å². The van der Waals surface area contributed by atoms with Crippen LogP contribution in [-0.4, -0.2) is 4.57 Å². The highest BCUT2D eigenvalue weighted by Gasteiger charge is 2.50. The molecule has 1 aromatic heterocycles. The van der Waals surface area contributed by atoms with E-state index in [1.54, 1.807) is 0 Å². The molecule has 7 aromatic carbocycles. The molecule has 1 heteroatoms. The Hall–Kier alpha value is -5.14. The fourth-order valence-electron chi connectivity index (χ4n) is 9.14. The Morgan fingerprint density at radius 3 is 2.28 bits per heavy atom. The topological polar surface area (TPSA) is 4.93 Å². The Kier molecular flexibility index (Phi) is 5.10. The van der Waals surface area contributed by atoms with E-state index in [-0.39, 0.29) is 0 Å². The van der Waals surface area contributed by atoms with Crippen LogP contribution in [0.5, 0.6) is 0 Å². The standard InChI is InChI=1S/C45H35N/c1-5-28(4)31-18-21-41-38(25-31)45(39-24-27(3)23-35-34-22-26(2)16-20-40(34)46(41)44(35)39)36-15-9-12-30-11-8-14-33(42(30)36)43-32-13-7-6-10-29(32)17-19-37(43)45/h6-25,28H,5H2,1-4H3. The third kappa shape index (κ3) is 3.06. The summed E-state index contributed by atoms with van der Waals surface area (Å²) in [5.41, 5.74) is 15.7. The number of benzene rings is 7. The predicted octanol–water partition coefficient (Wildman–Crippen LogP) is 11.9. The zero-order valence-electron chi connectivity index (χ0n) is 26.8. The maximum atomic E-state index is 2.58. The lowest BCUT2D eigenvalue weighted by molar-refractivity contribution is 0.707. The third-order valence-electron chi connectivity index (χ3n) is 11.3. The zero-order chi connectivity index (χ0) is 30.9. The molecule has 10 rings (SSSR count). The second-order valence-corrected chi connectivity index (χ2v) is 13.8. The molecule has 8 aromatic rings. The maximum absolute atomic E-state index is 2.58. The van der Waals surface area contributed by atoms with E-state index in [2.05, 4.69) is 154 Å². The average Bonchev–Trinajstić information content (AvgIpc) is 3.40. The molecular formula is C45H35N. The van der Waals surface area contributed by atoms with Gasteiger partial charge in [-0.05, 0) is 111 Å². The molecular weight excluding hydrogens is 555 g/mol. The highest BCUT2D eigenvalue weighted by atomic mass is 15.0. The van der Waals surface area contributed by atoms with Gasteiger partial charge >= 0.3 is 0 Å². The molecule has 1 spiro atoms. The van der Waals surface area contributed by atoms with Gasteiger partial charge in [-0.1, -0.05) is 122 Å². The van der Waals surface area contributed by atoms with E-state index < -0.39 is 5.41 Å². The third-order valence-corrected chi connectivity index (χ3v) is 11.3. The summed E-state index contributed by atoms with van der Waals surface area (Å²) in [6.45, 7) is 9.18. The second kappa shape index (κ2) is 8.98. The summed E-state index contributed by atoms with van der Waals surface area (Å²) in [7, 11) is 0. The molecule has 1 nitrogen and oxygen atoms in total. The minimum absolute atomic E-state index is 0.466. The minimum atomic E-state index is -0.490. The van der Waals surface area contributed by atoms with Gasteiger partial charge in [0, 0.05) is 10.8 Å². The van der Waals surface area contributed by atoms with Gasteiger partial charge in [0.05, 0.1) is 22.1 Å². The molecule has 2 heterocycles. The molecule has 2 atom stereocenters. The van der Waals surface area contributed by atoms with Crippen LogP contribution in [0.2, 0.25) is 0 Å². The molecule has 2 aliphatic rings. The number of nitrogens with zero attached hydrogens (tertiary/aromatic N) is 1. The maximum Gasteiger partial charge on any atom is 0.0755 e. The molecule has 0 saturated heterocycles. The molecule has 0 bridgehead atoms. The predicted molar refractivity (Wildman–Crippen MR) is 195 cm³/mol. The van der Waals surface area contributed by atoms with Crippen molar-refractivity contribution >= 4 is 43.4 Å². The first-order chi connectivity index (χ1) is 22.5. The molecule has 1 aliphatic carbocycles. The highest BCUT2D eigenvalue weighted by molar-refractivity contribution is 6.16. The van der Waals surface area contributed by atoms with E-state index in [1.165, 1.54) is 99.1 Å².